The number of nitrogens with one attached hydrogen (secondary N) is 2. The fraction of sp³-hybridized carbons (Fsp3) is 0.300. The van der Waals surface area contributed by atoms with E-state index in [1.807, 2.05) is 25.1 Å². The number of aryl methyl sites for hydroxylation is 1. The first-order valence-electron chi connectivity index (χ1n) is 8.59. The van der Waals surface area contributed by atoms with Gasteiger partial charge in [-0.1, -0.05) is 46.6 Å². The number of carbonyl (C=O) groups excluding carboxylic acids is 1. The van der Waals surface area contributed by atoms with Gasteiger partial charge in [-0.25, -0.2) is 0 Å². The molecule has 0 fully saturated rings. The van der Waals surface area contributed by atoms with E-state index >= 15 is 0 Å². The predicted molar refractivity (Wildman–Crippen MR) is 112 cm³/mol. The lowest BCUT2D eigenvalue weighted by atomic mass is 9.96. The molecule has 1 unspecified atom stereocenters. The van der Waals surface area contributed by atoms with E-state index in [0.717, 1.165) is 16.7 Å². The fourth-order valence-corrected chi connectivity index (χ4v) is 3.16. The summed E-state index contributed by atoms with van der Waals surface area (Å²) < 4.78 is 0. The lowest BCUT2D eigenvalue weighted by Gasteiger charge is -2.20. The third kappa shape index (κ3) is 5.45. The Hall–Kier alpha value is -2.12. The van der Waals surface area contributed by atoms with Crippen LogP contribution in [0.5, 0.6) is 0 Å². The maximum atomic E-state index is 12.3. The Balaban J connectivity index is 2.26. The number of benzene rings is 2. The van der Waals surface area contributed by atoms with E-state index in [1.165, 1.54) is 7.11 Å². The molecule has 0 saturated carbocycles. The lowest BCUT2D eigenvalue weighted by molar-refractivity contribution is -0.126. The summed E-state index contributed by atoms with van der Waals surface area (Å²) in [6.45, 7) is 3.91. The summed E-state index contributed by atoms with van der Waals surface area (Å²) in [6, 6.07) is 10.1. The fourth-order valence-electron chi connectivity index (χ4n) is 2.73. The monoisotopic (exact) mass is 423 g/mol. The Morgan fingerprint density at radius 2 is 2.00 bits per heavy atom. The Labute approximate surface area is 174 Å². The SMILES string of the molecule is CNC(=O)C(NOC)c1cccc(C)c1CO/N=C(\C)c1cc(Cl)ccc1Cl. The van der Waals surface area contributed by atoms with Gasteiger partial charge >= 0.3 is 0 Å². The molecule has 2 aromatic carbocycles. The maximum absolute atomic E-state index is 12.3. The number of hydrogen-bond acceptors (Lipinski definition) is 5. The highest BCUT2D eigenvalue weighted by Gasteiger charge is 2.23. The largest absolute Gasteiger partial charge is 0.391 e. The molecule has 0 heterocycles. The maximum Gasteiger partial charge on any atom is 0.243 e. The summed E-state index contributed by atoms with van der Waals surface area (Å²) in [7, 11) is 3.03. The molecule has 0 aliphatic heterocycles. The number of hydroxylamine groups is 1. The van der Waals surface area contributed by atoms with Crippen LogP contribution < -0.4 is 10.8 Å². The molecule has 2 N–H and O–H groups in total. The first kappa shape index (κ1) is 22.2. The molecule has 8 heteroatoms. The van der Waals surface area contributed by atoms with Crippen LogP contribution in [-0.2, 0) is 21.1 Å². The molecule has 0 spiro atoms. The molecule has 150 valence electrons. The minimum atomic E-state index is -0.680. The average Bonchev–Trinajstić information content (AvgIpc) is 2.68. The van der Waals surface area contributed by atoms with E-state index in [4.69, 9.17) is 32.9 Å². The molecule has 1 atom stereocenters. The quantitative estimate of drug-likeness (QED) is 0.493. The number of rotatable bonds is 8. The van der Waals surface area contributed by atoms with Crippen LogP contribution in [-0.4, -0.2) is 25.8 Å². The molecule has 28 heavy (non-hydrogen) atoms. The zero-order valence-corrected chi connectivity index (χ0v) is 17.7. The van der Waals surface area contributed by atoms with Crippen LogP contribution in [0, 0.1) is 6.92 Å². The van der Waals surface area contributed by atoms with Gasteiger partial charge in [0.05, 0.1) is 12.8 Å². The van der Waals surface area contributed by atoms with Crippen LogP contribution >= 0.6 is 23.2 Å². The smallest absolute Gasteiger partial charge is 0.243 e. The van der Waals surface area contributed by atoms with Gasteiger partial charge < -0.3 is 15.0 Å². The molecule has 2 aromatic rings. The molecular weight excluding hydrogens is 401 g/mol. The summed E-state index contributed by atoms with van der Waals surface area (Å²) in [4.78, 5) is 22.8. The Morgan fingerprint density at radius 1 is 1.25 bits per heavy atom. The third-order valence-electron chi connectivity index (χ3n) is 4.23. The minimum absolute atomic E-state index is 0.177. The number of likely N-dealkylation sites (N-methyl/N-ethyl adjacent to an activating group) is 1. The highest BCUT2D eigenvalue weighted by atomic mass is 35.5. The average molecular weight is 424 g/mol. The molecular formula is C20H23Cl2N3O3. The first-order chi connectivity index (χ1) is 13.4. The van der Waals surface area contributed by atoms with Crippen molar-refractivity contribution in [1.82, 2.24) is 10.8 Å². The zero-order chi connectivity index (χ0) is 20.7. The second-order valence-corrected chi connectivity index (χ2v) is 6.93. The summed E-state index contributed by atoms with van der Waals surface area (Å²) in [5.74, 6) is -0.223. The van der Waals surface area contributed by atoms with Crippen molar-refractivity contribution >= 4 is 34.8 Å². The van der Waals surface area contributed by atoms with Crippen LogP contribution in [0.4, 0.5) is 0 Å². The third-order valence-corrected chi connectivity index (χ3v) is 4.80. The number of halogens is 2. The summed E-state index contributed by atoms with van der Waals surface area (Å²) in [6.07, 6.45) is 0. The normalized spacial score (nSPS) is 12.6. The minimum Gasteiger partial charge on any atom is -0.391 e. The van der Waals surface area contributed by atoms with Gasteiger partial charge in [-0.2, -0.15) is 5.48 Å². The topological polar surface area (TPSA) is 72.0 Å². The highest BCUT2D eigenvalue weighted by Crippen LogP contribution is 2.24. The van der Waals surface area contributed by atoms with E-state index in [9.17, 15) is 4.79 Å². The molecule has 6 nitrogen and oxygen atoms in total. The van der Waals surface area contributed by atoms with Crippen molar-refractivity contribution in [2.24, 2.45) is 5.16 Å². The Kier molecular flexibility index (Phi) is 8.26. The highest BCUT2D eigenvalue weighted by molar-refractivity contribution is 6.36. The number of nitrogens with zero attached hydrogens (tertiary/aromatic N) is 1. The second kappa shape index (κ2) is 10.4. The van der Waals surface area contributed by atoms with Crippen molar-refractivity contribution in [3.05, 3.63) is 68.7 Å². The van der Waals surface area contributed by atoms with Gasteiger partial charge in [0, 0.05) is 28.2 Å². The van der Waals surface area contributed by atoms with E-state index in [1.54, 1.807) is 32.2 Å². The number of hydrogen-bond donors (Lipinski definition) is 2. The summed E-state index contributed by atoms with van der Waals surface area (Å²) >= 11 is 12.2. The van der Waals surface area contributed by atoms with E-state index in [-0.39, 0.29) is 12.5 Å². The summed E-state index contributed by atoms with van der Waals surface area (Å²) in [5, 5.41) is 7.89. The van der Waals surface area contributed by atoms with Crippen LogP contribution in [0.1, 0.15) is 35.2 Å². The van der Waals surface area contributed by atoms with Gasteiger partial charge in [0.15, 0.2) is 0 Å². The number of amides is 1. The van der Waals surface area contributed by atoms with Crippen molar-refractivity contribution in [2.75, 3.05) is 14.2 Å². The molecule has 0 bridgehead atoms. The Bertz CT molecular complexity index is 872. The zero-order valence-electron chi connectivity index (χ0n) is 16.2. The van der Waals surface area contributed by atoms with Crippen LogP contribution in [0.3, 0.4) is 0 Å². The van der Waals surface area contributed by atoms with E-state index in [0.29, 0.717) is 21.3 Å². The standard InChI is InChI=1S/C20H23Cl2N3O3/c1-12-6-5-7-15(19(25-27-4)20(26)23-3)17(12)11-28-24-13(2)16-10-14(21)8-9-18(16)22/h5-10,19,25H,11H2,1-4H3,(H,23,26)/b24-13+. The van der Waals surface area contributed by atoms with E-state index in [2.05, 4.69) is 16.0 Å². The van der Waals surface area contributed by atoms with Crippen molar-refractivity contribution in [1.29, 1.82) is 0 Å². The van der Waals surface area contributed by atoms with Gasteiger partial charge in [-0.3, -0.25) is 4.79 Å². The molecule has 0 saturated heterocycles. The Morgan fingerprint density at radius 3 is 2.68 bits per heavy atom. The van der Waals surface area contributed by atoms with Crippen molar-refractivity contribution in [3.63, 3.8) is 0 Å². The molecule has 0 aliphatic rings. The second-order valence-electron chi connectivity index (χ2n) is 6.09. The van der Waals surface area contributed by atoms with Gasteiger partial charge in [-0.05, 0) is 43.2 Å². The van der Waals surface area contributed by atoms with Gasteiger partial charge in [0.25, 0.3) is 0 Å². The lowest BCUT2D eigenvalue weighted by Crippen LogP contribution is -2.36. The molecule has 0 radical (unpaired) electrons. The van der Waals surface area contributed by atoms with Crippen molar-refractivity contribution < 1.29 is 14.5 Å². The van der Waals surface area contributed by atoms with E-state index < -0.39 is 6.04 Å². The molecule has 2 rings (SSSR count). The van der Waals surface area contributed by atoms with Gasteiger partial charge in [0.1, 0.15) is 12.6 Å². The van der Waals surface area contributed by atoms with Crippen LogP contribution in [0.2, 0.25) is 10.0 Å². The first-order valence-corrected chi connectivity index (χ1v) is 9.35. The van der Waals surface area contributed by atoms with Crippen LogP contribution in [0.25, 0.3) is 0 Å². The van der Waals surface area contributed by atoms with Crippen LogP contribution in [0.15, 0.2) is 41.6 Å². The molecule has 0 aliphatic carbocycles. The number of carbonyl (C=O) groups is 1. The van der Waals surface area contributed by atoms with Crippen molar-refractivity contribution in [2.45, 2.75) is 26.5 Å². The van der Waals surface area contributed by atoms with Gasteiger partial charge in [0.2, 0.25) is 5.91 Å². The predicted octanol–water partition coefficient (Wildman–Crippen LogP) is 4.18. The summed E-state index contributed by atoms with van der Waals surface area (Å²) in [5.41, 5.74) is 6.57. The number of oxime groups is 1. The molecule has 1 amide bonds. The van der Waals surface area contributed by atoms with Crippen molar-refractivity contribution in [3.8, 4) is 0 Å². The van der Waals surface area contributed by atoms with Gasteiger partial charge in [-0.15, -0.1) is 0 Å². The molecule has 0 aromatic heterocycles.